The second kappa shape index (κ2) is 19.6. The molecule has 0 aliphatic heterocycles. The highest BCUT2D eigenvalue weighted by atomic mass is 16.5. The number of hydrogen-bond donors (Lipinski definition) is 6. The molecule has 0 saturated carbocycles. The lowest BCUT2D eigenvalue weighted by Crippen LogP contribution is -2.55. The Balaban J connectivity index is 1.38. The van der Waals surface area contributed by atoms with Crippen molar-refractivity contribution in [1.82, 2.24) is 16.1 Å². The Labute approximate surface area is 294 Å². The van der Waals surface area contributed by atoms with E-state index in [4.69, 9.17) is 14.2 Å². The molecule has 0 bridgehead atoms. The quantitative estimate of drug-likeness (QED) is 0.0709. The van der Waals surface area contributed by atoms with Gasteiger partial charge in [0, 0.05) is 12.1 Å². The van der Waals surface area contributed by atoms with Crippen LogP contribution in [-0.2, 0) is 32.1 Å². The van der Waals surface area contributed by atoms with Gasteiger partial charge in [0.15, 0.2) is 18.1 Å². The molecule has 2 atom stereocenters. The van der Waals surface area contributed by atoms with Crippen LogP contribution in [0.15, 0.2) is 108 Å². The van der Waals surface area contributed by atoms with E-state index in [1.54, 1.807) is 85.8 Å². The Morgan fingerprint density at radius 1 is 0.784 bits per heavy atom. The number of hydrogen-bond acceptors (Lipinski definition) is 10. The molecule has 0 unspecified atom stereocenters. The first kappa shape index (κ1) is 37.4. The van der Waals surface area contributed by atoms with E-state index in [0.29, 0.717) is 34.9 Å². The van der Waals surface area contributed by atoms with Crippen LogP contribution in [0.4, 0.5) is 10.5 Å². The number of phenols is 1. The van der Waals surface area contributed by atoms with Crippen LogP contribution in [0.2, 0.25) is 0 Å². The zero-order chi connectivity index (χ0) is 36.4. The number of benzene rings is 4. The Hall–Kier alpha value is -6.41. The Morgan fingerprint density at radius 2 is 1.49 bits per heavy atom. The summed E-state index contributed by atoms with van der Waals surface area (Å²) in [6.07, 6.45) is 0.407. The summed E-state index contributed by atoms with van der Waals surface area (Å²) < 4.78 is 16.5. The number of alkyl carbamates (subject to hydrolysis) is 1. The van der Waals surface area contributed by atoms with Gasteiger partial charge < -0.3 is 40.4 Å². The minimum Gasteiger partial charge on any atom is -0.508 e. The Bertz CT molecular complexity index is 1770. The minimum atomic E-state index is -1.42. The van der Waals surface area contributed by atoms with Crippen molar-refractivity contribution in [2.75, 3.05) is 25.1 Å². The number of hydrazone groups is 1. The first-order chi connectivity index (χ1) is 24.7. The lowest BCUT2D eigenvalue weighted by molar-refractivity contribution is -0.130. The number of nitrogens with one attached hydrogen (secondary N) is 4. The van der Waals surface area contributed by atoms with Gasteiger partial charge in [0.05, 0.1) is 19.4 Å². The number of aliphatic hydroxyl groups excluding tert-OH is 1. The molecule has 0 radical (unpaired) electrons. The smallest absolute Gasteiger partial charge is 0.408 e. The normalized spacial score (nSPS) is 11.9. The van der Waals surface area contributed by atoms with Gasteiger partial charge in [-0.1, -0.05) is 60.7 Å². The number of aromatic hydroxyl groups is 1. The van der Waals surface area contributed by atoms with Crippen molar-refractivity contribution in [3.63, 3.8) is 0 Å². The van der Waals surface area contributed by atoms with Crippen LogP contribution in [-0.4, -0.2) is 72.1 Å². The van der Waals surface area contributed by atoms with Crippen LogP contribution < -0.4 is 30.8 Å². The van der Waals surface area contributed by atoms with Crippen LogP contribution in [0.25, 0.3) is 0 Å². The molecule has 4 aromatic rings. The van der Waals surface area contributed by atoms with E-state index in [0.717, 1.165) is 5.56 Å². The molecule has 4 aromatic carbocycles. The van der Waals surface area contributed by atoms with Gasteiger partial charge in [-0.3, -0.25) is 14.4 Å². The summed E-state index contributed by atoms with van der Waals surface area (Å²) in [5, 5.41) is 31.1. The number of anilines is 1. The highest BCUT2D eigenvalue weighted by Crippen LogP contribution is 2.28. The molecule has 6 N–H and O–H groups in total. The molecule has 14 heteroatoms. The van der Waals surface area contributed by atoms with Crippen molar-refractivity contribution in [3.05, 3.63) is 120 Å². The number of amides is 4. The van der Waals surface area contributed by atoms with Gasteiger partial charge in [0.1, 0.15) is 24.4 Å². The third kappa shape index (κ3) is 12.5. The van der Waals surface area contributed by atoms with E-state index in [1.165, 1.54) is 18.3 Å². The predicted molar refractivity (Wildman–Crippen MR) is 188 cm³/mol. The first-order valence-electron chi connectivity index (χ1n) is 16.0. The maximum atomic E-state index is 13.3. The van der Waals surface area contributed by atoms with E-state index in [9.17, 15) is 29.4 Å². The summed E-state index contributed by atoms with van der Waals surface area (Å²) in [6, 6.07) is 26.1. The number of aliphatic hydroxyl groups is 1. The van der Waals surface area contributed by atoms with Crippen molar-refractivity contribution in [1.29, 1.82) is 0 Å². The van der Waals surface area contributed by atoms with E-state index < -0.39 is 36.6 Å². The van der Waals surface area contributed by atoms with Crippen molar-refractivity contribution < 1.29 is 43.6 Å². The molecule has 14 nitrogen and oxygen atoms in total. The monoisotopic (exact) mass is 697 g/mol. The molecule has 0 fully saturated rings. The highest BCUT2D eigenvalue weighted by molar-refractivity contribution is 5.93. The van der Waals surface area contributed by atoms with Gasteiger partial charge in [0.25, 0.3) is 11.8 Å². The number of phenolic OH excluding ortho intramolecular Hbond substituents is 1. The maximum Gasteiger partial charge on any atom is 0.408 e. The maximum absolute atomic E-state index is 13.3. The van der Waals surface area contributed by atoms with Gasteiger partial charge in [-0.25, -0.2) is 10.2 Å². The van der Waals surface area contributed by atoms with Crippen molar-refractivity contribution in [2.24, 2.45) is 5.10 Å². The summed E-state index contributed by atoms with van der Waals surface area (Å²) in [4.78, 5) is 51.1. The fraction of sp³-hybridized carbons (Fsp3) is 0.216. The van der Waals surface area contributed by atoms with Crippen molar-refractivity contribution >= 4 is 35.7 Å². The molecule has 4 amide bonds. The number of para-hydroxylation sites is 1. The first-order valence-corrected chi connectivity index (χ1v) is 16.0. The van der Waals surface area contributed by atoms with Crippen LogP contribution in [0.3, 0.4) is 0 Å². The molecule has 0 heterocycles. The van der Waals surface area contributed by atoms with Gasteiger partial charge in [-0.15, -0.1) is 0 Å². The van der Waals surface area contributed by atoms with Crippen LogP contribution in [0.5, 0.6) is 17.2 Å². The summed E-state index contributed by atoms with van der Waals surface area (Å²) in [7, 11) is 0. The molecular weight excluding hydrogens is 658 g/mol. The topological polar surface area (TPSA) is 197 Å². The van der Waals surface area contributed by atoms with Gasteiger partial charge in [0.2, 0.25) is 5.91 Å². The molecular formula is C37H39N5O9. The number of carbonyl (C=O) groups is 4. The van der Waals surface area contributed by atoms with Gasteiger partial charge in [-0.05, 0) is 66.1 Å². The molecule has 0 aliphatic rings. The lowest BCUT2D eigenvalue weighted by Gasteiger charge is -2.21. The molecule has 51 heavy (non-hydrogen) atoms. The number of ether oxygens (including phenoxy) is 3. The van der Waals surface area contributed by atoms with E-state index in [1.807, 2.05) is 12.1 Å². The Kier molecular flexibility index (Phi) is 14.3. The fourth-order valence-corrected chi connectivity index (χ4v) is 4.55. The van der Waals surface area contributed by atoms with Crippen LogP contribution >= 0.6 is 0 Å². The predicted octanol–water partition coefficient (Wildman–Crippen LogP) is 3.27. The molecule has 266 valence electrons. The second-order valence-electron chi connectivity index (χ2n) is 10.9. The number of carbonyl (C=O) groups excluding carboxylic acids is 4. The van der Waals surface area contributed by atoms with E-state index in [2.05, 4.69) is 26.5 Å². The SMILES string of the molecule is CCOc1cc(/C=N\NC(=O)[C@H](Cc2ccc(O)cc2)NC(=O)[C@H](CO)NC(=O)OCc2ccccc2)ccc1OCC(=O)Nc1ccccc1. The Morgan fingerprint density at radius 3 is 2.18 bits per heavy atom. The van der Waals surface area contributed by atoms with E-state index >= 15 is 0 Å². The summed E-state index contributed by atoms with van der Waals surface area (Å²) in [5.74, 6) is -1.20. The van der Waals surface area contributed by atoms with Gasteiger partial charge in [-0.2, -0.15) is 5.10 Å². The van der Waals surface area contributed by atoms with Crippen LogP contribution in [0, 0.1) is 0 Å². The number of rotatable bonds is 17. The summed E-state index contributed by atoms with van der Waals surface area (Å²) in [5.41, 5.74) is 4.89. The van der Waals surface area contributed by atoms with Crippen molar-refractivity contribution in [2.45, 2.75) is 32.0 Å². The molecule has 0 aliphatic carbocycles. The summed E-state index contributed by atoms with van der Waals surface area (Å²) in [6.45, 7) is 1.03. The van der Waals surface area contributed by atoms with Crippen molar-refractivity contribution in [3.8, 4) is 17.2 Å². The zero-order valence-corrected chi connectivity index (χ0v) is 27.8. The third-order valence-electron chi connectivity index (χ3n) is 7.09. The molecule has 0 saturated heterocycles. The van der Waals surface area contributed by atoms with E-state index in [-0.39, 0.29) is 31.3 Å². The third-order valence-corrected chi connectivity index (χ3v) is 7.09. The zero-order valence-electron chi connectivity index (χ0n) is 27.8. The average Bonchev–Trinajstić information content (AvgIpc) is 3.14. The van der Waals surface area contributed by atoms with Crippen LogP contribution in [0.1, 0.15) is 23.6 Å². The number of nitrogens with zero attached hydrogens (tertiary/aromatic N) is 1. The van der Waals surface area contributed by atoms with Gasteiger partial charge >= 0.3 is 6.09 Å². The molecule has 0 aromatic heterocycles. The largest absolute Gasteiger partial charge is 0.508 e. The summed E-state index contributed by atoms with van der Waals surface area (Å²) >= 11 is 0. The fourth-order valence-electron chi connectivity index (χ4n) is 4.55. The minimum absolute atomic E-state index is 0.0116. The average molecular weight is 698 g/mol. The second-order valence-corrected chi connectivity index (χ2v) is 10.9. The molecule has 0 spiro atoms. The molecule has 4 rings (SSSR count). The highest BCUT2D eigenvalue weighted by Gasteiger charge is 2.27. The lowest BCUT2D eigenvalue weighted by atomic mass is 10.0. The standard InChI is InChI=1S/C37H39N5O9/c1-2-49-33-20-27(15-18-32(33)50-24-34(45)39-28-11-7-4-8-12-28)21-38-42-36(47)30(19-25-13-16-29(44)17-14-25)40-35(46)31(22-43)41-37(48)51-23-26-9-5-3-6-10-26/h3-18,20-21,30-31,43-44H,2,19,22-24H2,1H3,(H,39,45)(H,40,46)(H,41,48)(H,42,47)/b38-21-/t30-,31-/m0/s1.